The van der Waals surface area contributed by atoms with Crippen LogP contribution in [0.3, 0.4) is 0 Å². The number of pyridine rings is 1. The van der Waals surface area contributed by atoms with Gasteiger partial charge in [-0.2, -0.15) is 0 Å². The molecular weight excluding hydrogens is 348 g/mol. The molecule has 0 spiro atoms. The molecule has 1 aromatic heterocycles. The Morgan fingerprint density at radius 1 is 1.10 bits per heavy atom. The van der Waals surface area contributed by atoms with Crippen LogP contribution in [0.2, 0.25) is 5.15 Å². The van der Waals surface area contributed by atoms with Crippen LogP contribution >= 0.6 is 27.5 Å². The highest BCUT2D eigenvalue weighted by atomic mass is 79.9. The lowest BCUT2D eigenvalue weighted by molar-refractivity contribution is 0.884. The van der Waals surface area contributed by atoms with Gasteiger partial charge in [-0.25, -0.2) is 4.98 Å². The maximum absolute atomic E-state index is 5.91. The third-order valence-corrected chi connectivity index (χ3v) is 4.59. The average molecular weight is 362 g/mol. The van der Waals surface area contributed by atoms with E-state index in [1.54, 1.807) is 6.20 Å². The zero-order valence-electron chi connectivity index (χ0n) is 11.5. The third kappa shape index (κ3) is 3.20. The first kappa shape index (κ1) is 14.4. The van der Waals surface area contributed by atoms with E-state index in [1.165, 1.54) is 16.3 Å². The van der Waals surface area contributed by atoms with Crippen LogP contribution in [0.5, 0.6) is 0 Å². The van der Waals surface area contributed by atoms with Crippen molar-refractivity contribution in [1.82, 2.24) is 4.98 Å². The van der Waals surface area contributed by atoms with Crippen molar-refractivity contribution < 1.29 is 0 Å². The predicted octanol–water partition coefficient (Wildman–Crippen LogP) is 5.82. The van der Waals surface area contributed by atoms with Crippen molar-refractivity contribution in [2.75, 3.05) is 5.32 Å². The zero-order valence-corrected chi connectivity index (χ0v) is 13.8. The molecule has 0 fully saturated rings. The highest BCUT2D eigenvalue weighted by Gasteiger charge is 2.08. The van der Waals surface area contributed by atoms with Gasteiger partial charge in [-0.15, -0.1) is 0 Å². The molecule has 4 heteroatoms. The summed E-state index contributed by atoms with van der Waals surface area (Å²) in [7, 11) is 0. The largest absolute Gasteiger partial charge is 0.377 e. The van der Waals surface area contributed by atoms with Crippen LogP contribution in [0.15, 0.2) is 59.2 Å². The summed E-state index contributed by atoms with van der Waals surface area (Å²) >= 11 is 9.30. The van der Waals surface area contributed by atoms with Gasteiger partial charge in [-0.05, 0) is 51.3 Å². The summed E-state index contributed by atoms with van der Waals surface area (Å²) in [5.74, 6) is 0. The number of rotatable bonds is 3. The number of anilines is 1. The van der Waals surface area contributed by atoms with Gasteiger partial charge in [-0.1, -0.05) is 48.0 Å². The Morgan fingerprint density at radius 3 is 2.62 bits per heavy atom. The fourth-order valence-corrected chi connectivity index (χ4v) is 2.76. The van der Waals surface area contributed by atoms with E-state index in [9.17, 15) is 0 Å². The van der Waals surface area contributed by atoms with Gasteiger partial charge < -0.3 is 5.32 Å². The van der Waals surface area contributed by atoms with Crippen LogP contribution in [0.1, 0.15) is 18.5 Å². The van der Waals surface area contributed by atoms with Gasteiger partial charge in [0.2, 0.25) is 0 Å². The van der Waals surface area contributed by atoms with Gasteiger partial charge in [0.15, 0.2) is 0 Å². The molecule has 2 aromatic carbocycles. The molecule has 1 heterocycles. The smallest absolute Gasteiger partial charge is 0.143 e. The van der Waals surface area contributed by atoms with Crippen molar-refractivity contribution in [3.63, 3.8) is 0 Å². The Bertz CT molecular complexity index is 789. The van der Waals surface area contributed by atoms with Gasteiger partial charge in [-0.3, -0.25) is 0 Å². The second-order valence-electron chi connectivity index (χ2n) is 4.97. The molecule has 1 unspecified atom stereocenters. The molecule has 0 aliphatic carbocycles. The molecule has 0 bridgehead atoms. The van der Waals surface area contributed by atoms with E-state index in [0.29, 0.717) is 5.15 Å². The van der Waals surface area contributed by atoms with E-state index in [0.717, 1.165) is 10.2 Å². The molecule has 1 atom stereocenters. The number of aromatic nitrogens is 1. The lowest BCUT2D eigenvalue weighted by Crippen LogP contribution is -2.06. The Balaban J connectivity index is 1.85. The number of halogens is 2. The summed E-state index contributed by atoms with van der Waals surface area (Å²) < 4.78 is 0.792. The fourth-order valence-electron chi connectivity index (χ4n) is 2.31. The van der Waals surface area contributed by atoms with Gasteiger partial charge >= 0.3 is 0 Å². The van der Waals surface area contributed by atoms with E-state index in [1.807, 2.05) is 6.07 Å². The Labute approximate surface area is 137 Å². The van der Waals surface area contributed by atoms with Crippen LogP contribution in [-0.2, 0) is 0 Å². The van der Waals surface area contributed by atoms with Crippen LogP contribution in [0.25, 0.3) is 10.8 Å². The zero-order chi connectivity index (χ0) is 14.8. The maximum atomic E-state index is 5.91. The minimum absolute atomic E-state index is 0.185. The molecule has 3 aromatic rings. The molecule has 21 heavy (non-hydrogen) atoms. The van der Waals surface area contributed by atoms with Gasteiger partial charge in [0.25, 0.3) is 0 Å². The molecule has 106 valence electrons. The summed E-state index contributed by atoms with van der Waals surface area (Å²) in [6.07, 6.45) is 1.74. The molecule has 0 aliphatic heterocycles. The highest BCUT2D eigenvalue weighted by Crippen LogP contribution is 2.27. The maximum Gasteiger partial charge on any atom is 0.143 e. The van der Waals surface area contributed by atoms with Crippen LogP contribution in [0.4, 0.5) is 5.69 Å². The van der Waals surface area contributed by atoms with Crippen LogP contribution in [-0.4, -0.2) is 4.98 Å². The topological polar surface area (TPSA) is 24.9 Å². The molecule has 2 nitrogen and oxygen atoms in total. The van der Waals surface area contributed by atoms with E-state index < -0.39 is 0 Å². The molecule has 3 rings (SSSR count). The van der Waals surface area contributed by atoms with E-state index in [-0.39, 0.29) is 6.04 Å². The lowest BCUT2D eigenvalue weighted by atomic mass is 10.0. The predicted molar refractivity (Wildman–Crippen MR) is 92.9 cm³/mol. The Morgan fingerprint density at radius 2 is 1.86 bits per heavy atom. The second-order valence-corrected chi connectivity index (χ2v) is 6.18. The lowest BCUT2D eigenvalue weighted by Gasteiger charge is -2.16. The molecule has 0 amide bonds. The van der Waals surface area contributed by atoms with E-state index in [2.05, 4.69) is 75.6 Å². The summed E-state index contributed by atoms with van der Waals surface area (Å²) in [4.78, 5) is 4.13. The minimum Gasteiger partial charge on any atom is -0.377 e. The first-order valence-electron chi connectivity index (χ1n) is 6.70. The number of hydrogen-bond donors (Lipinski definition) is 1. The quantitative estimate of drug-likeness (QED) is 0.594. The number of benzene rings is 2. The van der Waals surface area contributed by atoms with Crippen molar-refractivity contribution in [3.05, 3.63) is 69.9 Å². The summed E-state index contributed by atoms with van der Waals surface area (Å²) in [5.41, 5.74) is 2.17. The number of hydrogen-bond acceptors (Lipinski definition) is 2. The van der Waals surface area contributed by atoms with E-state index >= 15 is 0 Å². The van der Waals surface area contributed by atoms with Crippen molar-refractivity contribution in [2.24, 2.45) is 0 Å². The SMILES string of the molecule is CC(Nc1cnc(Cl)c(Br)c1)c1ccc2ccccc2c1. The summed E-state index contributed by atoms with van der Waals surface area (Å²) in [6.45, 7) is 2.13. The fraction of sp³-hybridized carbons (Fsp3) is 0.118. The van der Waals surface area contributed by atoms with Crippen molar-refractivity contribution >= 4 is 44.0 Å². The summed E-state index contributed by atoms with van der Waals surface area (Å²) in [5, 5.41) is 6.41. The normalized spacial score (nSPS) is 12.3. The standard InChI is InChI=1S/C17H14BrClN2/c1-11(21-15-9-16(18)17(19)20-10-15)13-7-6-12-4-2-3-5-14(12)8-13/h2-11,21H,1H3. The van der Waals surface area contributed by atoms with Crippen molar-refractivity contribution in [1.29, 1.82) is 0 Å². The molecule has 1 N–H and O–H groups in total. The first-order chi connectivity index (χ1) is 10.1. The number of nitrogens with zero attached hydrogens (tertiary/aromatic N) is 1. The van der Waals surface area contributed by atoms with Crippen molar-refractivity contribution in [2.45, 2.75) is 13.0 Å². The van der Waals surface area contributed by atoms with Gasteiger partial charge in [0.1, 0.15) is 5.15 Å². The van der Waals surface area contributed by atoms with E-state index in [4.69, 9.17) is 11.6 Å². The van der Waals surface area contributed by atoms with Gasteiger partial charge in [0, 0.05) is 6.04 Å². The van der Waals surface area contributed by atoms with Crippen molar-refractivity contribution in [3.8, 4) is 0 Å². The highest BCUT2D eigenvalue weighted by molar-refractivity contribution is 9.10. The minimum atomic E-state index is 0.185. The second kappa shape index (κ2) is 6.04. The molecule has 0 radical (unpaired) electrons. The molecular formula is C17H14BrClN2. The summed E-state index contributed by atoms with van der Waals surface area (Å²) in [6, 6.07) is 17.0. The molecule has 0 aliphatic rings. The number of fused-ring (bicyclic) bond motifs is 1. The van der Waals surface area contributed by atoms with Gasteiger partial charge in [0.05, 0.1) is 16.4 Å². The average Bonchev–Trinajstić information content (AvgIpc) is 2.50. The Hall–Kier alpha value is -1.58. The van der Waals surface area contributed by atoms with Crippen LogP contribution in [0, 0.1) is 0 Å². The molecule has 0 saturated heterocycles. The van der Waals surface area contributed by atoms with Crippen LogP contribution < -0.4 is 5.32 Å². The monoisotopic (exact) mass is 360 g/mol. The molecule has 0 saturated carbocycles. The third-order valence-electron chi connectivity index (χ3n) is 3.45. The Kier molecular flexibility index (Phi) is 4.13. The number of nitrogens with one attached hydrogen (secondary N) is 1. The first-order valence-corrected chi connectivity index (χ1v) is 7.87.